The molecule has 6 rings (SSSR count). The SMILES string of the molecule is O=C(c1ccc(OC(F)(F)F)cc1)N1CCC(c2c(F)cnc3[nH]c4c(c23)C[C@@H]2CNCC[C@H]2C4)CC1. The first-order chi connectivity index (χ1) is 17.8. The van der Waals surface area contributed by atoms with Gasteiger partial charge >= 0.3 is 6.36 Å². The summed E-state index contributed by atoms with van der Waals surface area (Å²) in [6.07, 6.45) is 0.758. The van der Waals surface area contributed by atoms with E-state index in [1.54, 1.807) is 4.90 Å². The quantitative estimate of drug-likeness (QED) is 0.484. The first-order valence-electron chi connectivity index (χ1n) is 12.8. The van der Waals surface area contributed by atoms with Crippen LogP contribution in [-0.2, 0) is 12.8 Å². The van der Waals surface area contributed by atoms with E-state index in [0.717, 1.165) is 55.5 Å². The van der Waals surface area contributed by atoms with Crippen molar-refractivity contribution in [1.29, 1.82) is 0 Å². The minimum atomic E-state index is -4.78. The second kappa shape index (κ2) is 9.31. The molecule has 4 heterocycles. The number of pyridine rings is 1. The van der Waals surface area contributed by atoms with E-state index in [0.29, 0.717) is 48.9 Å². The number of fused-ring (bicyclic) bond motifs is 4. The van der Waals surface area contributed by atoms with Crippen molar-refractivity contribution in [3.05, 3.63) is 58.7 Å². The second-order valence-corrected chi connectivity index (χ2v) is 10.4. The Hall–Kier alpha value is -3.14. The summed E-state index contributed by atoms with van der Waals surface area (Å²) in [5.41, 5.74) is 4.11. The van der Waals surface area contributed by atoms with Crippen molar-refractivity contribution in [2.45, 2.75) is 44.4 Å². The number of aromatic amines is 1. The average Bonchev–Trinajstić information content (AvgIpc) is 3.24. The van der Waals surface area contributed by atoms with Crippen LogP contribution in [0.3, 0.4) is 0 Å². The van der Waals surface area contributed by atoms with Crippen LogP contribution < -0.4 is 10.1 Å². The summed E-state index contributed by atoms with van der Waals surface area (Å²) in [7, 11) is 0. The molecule has 0 bridgehead atoms. The van der Waals surface area contributed by atoms with Gasteiger partial charge in [0, 0.05) is 35.3 Å². The normalized spacial score (nSPS) is 22.5. The van der Waals surface area contributed by atoms with Crippen LogP contribution in [0.4, 0.5) is 17.6 Å². The van der Waals surface area contributed by atoms with Crippen LogP contribution in [0, 0.1) is 17.7 Å². The fourth-order valence-electron chi connectivity index (χ4n) is 6.43. The van der Waals surface area contributed by atoms with Gasteiger partial charge in [0.05, 0.1) is 6.20 Å². The number of amides is 1. The predicted octanol–water partition coefficient (Wildman–Crippen LogP) is 4.94. The average molecular weight is 517 g/mol. The molecule has 1 aliphatic carbocycles. The molecule has 1 aromatic carbocycles. The number of piperidine rings is 2. The predicted molar refractivity (Wildman–Crippen MR) is 129 cm³/mol. The Morgan fingerprint density at radius 3 is 2.54 bits per heavy atom. The lowest BCUT2D eigenvalue weighted by atomic mass is 9.74. The number of nitrogens with zero attached hydrogens (tertiary/aromatic N) is 2. The Kier molecular flexibility index (Phi) is 6.09. The summed E-state index contributed by atoms with van der Waals surface area (Å²) in [4.78, 5) is 22.5. The summed E-state index contributed by atoms with van der Waals surface area (Å²) in [5.74, 6) is 0.210. The van der Waals surface area contributed by atoms with Gasteiger partial charge in [-0.2, -0.15) is 0 Å². The maximum Gasteiger partial charge on any atom is 0.573 e. The third-order valence-electron chi connectivity index (χ3n) is 8.23. The lowest BCUT2D eigenvalue weighted by Crippen LogP contribution is -2.40. The number of hydrogen-bond donors (Lipinski definition) is 2. The van der Waals surface area contributed by atoms with Crippen LogP contribution in [-0.4, -0.2) is 53.3 Å². The Morgan fingerprint density at radius 2 is 1.81 bits per heavy atom. The van der Waals surface area contributed by atoms with Gasteiger partial charge in [-0.3, -0.25) is 4.79 Å². The minimum Gasteiger partial charge on any atom is -0.406 e. The number of benzene rings is 1. The number of ether oxygens (including phenoxy) is 1. The number of nitrogens with one attached hydrogen (secondary N) is 2. The highest BCUT2D eigenvalue weighted by Gasteiger charge is 2.36. The van der Waals surface area contributed by atoms with Gasteiger partial charge in [-0.15, -0.1) is 13.2 Å². The van der Waals surface area contributed by atoms with Crippen LogP contribution in [0.5, 0.6) is 5.75 Å². The second-order valence-electron chi connectivity index (χ2n) is 10.4. The van der Waals surface area contributed by atoms with Gasteiger partial charge in [0.15, 0.2) is 0 Å². The van der Waals surface area contributed by atoms with Gasteiger partial charge in [-0.25, -0.2) is 9.37 Å². The van der Waals surface area contributed by atoms with Crippen LogP contribution in [0.25, 0.3) is 11.0 Å². The number of H-pyrrole nitrogens is 1. The molecule has 37 heavy (non-hydrogen) atoms. The van der Waals surface area contributed by atoms with Crippen LogP contribution in [0.15, 0.2) is 30.5 Å². The number of carbonyl (C=O) groups is 1. The molecule has 0 unspecified atom stereocenters. The smallest absolute Gasteiger partial charge is 0.406 e. The molecule has 0 spiro atoms. The van der Waals surface area contributed by atoms with Crippen LogP contribution in [0.1, 0.15) is 52.4 Å². The molecule has 0 radical (unpaired) electrons. The monoisotopic (exact) mass is 516 g/mol. The van der Waals surface area contributed by atoms with Crippen molar-refractivity contribution in [3.8, 4) is 5.75 Å². The lowest BCUT2D eigenvalue weighted by molar-refractivity contribution is -0.274. The molecule has 196 valence electrons. The fourth-order valence-corrected chi connectivity index (χ4v) is 6.43. The van der Waals surface area contributed by atoms with E-state index in [9.17, 15) is 18.0 Å². The zero-order valence-electron chi connectivity index (χ0n) is 20.2. The molecule has 3 aliphatic rings. The maximum absolute atomic E-state index is 15.3. The van der Waals surface area contributed by atoms with Gasteiger partial charge in [0.1, 0.15) is 17.2 Å². The van der Waals surface area contributed by atoms with E-state index >= 15 is 4.39 Å². The van der Waals surface area contributed by atoms with E-state index < -0.39 is 6.36 Å². The number of likely N-dealkylation sites (tertiary alicyclic amines) is 1. The topological polar surface area (TPSA) is 70.2 Å². The number of carbonyl (C=O) groups excluding carboxylic acids is 1. The molecule has 2 aliphatic heterocycles. The van der Waals surface area contributed by atoms with Crippen molar-refractivity contribution < 1.29 is 27.1 Å². The largest absolute Gasteiger partial charge is 0.573 e. The molecule has 1 amide bonds. The van der Waals surface area contributed by atoms with E-state index in [-0.39, 0.29) is 23.4 Å². The zero-order chi connectivity index (χ0) is 25.7. The summed E-state index contributed by atoms with van der Waals surface area (Å²) in [6.45, 7) is 2.90. The van der Waals surface area contributed by atoms with E-state index in [1.165, 1.54) is 29.6 Å². The molecule has 2 fully saturated rings. The van der Waals surface area contributed by atoms with Crippen molar-refractivity contribution in [3.63, 3.8) is 0 Å². The third-order valence-corrected chi connectivity index (χ3v) is 8.23. The van der Waals surface area contributed by atoms with Gasteiger partial charge < -0.3 is 19.9 Å². The van der Waals surface area contributed by atoms with Crippen LogP contribution >= 0.6 is 0 Å². The van der Waals surface area contributed by atoms with E-state index in [4.69, 9.17) is 0 Å². The summed E-state index contributed by atoms with van der Waals surface area (Å²) in [6, 6.07) is 4.94. The first kappa shape index (κ1) is 24.2. The third kappa shape index (κ3) is 4.67. The highest BCUT2D eigenvalue weighted by Crippen LogP contribution is 2.42. The van der Waals surface area contributed by atoms with Crippen molar-refractivity contribution >= 4 is 16.9 Å². The van der Waals surface area contributed by atoms with E-state index in [2.05, 4.69) is 20.0 Å². The number of alkyl halides is 3. The molecular weight excluding hydrogens is 488 g/mol. The van der Waals surface area contributed by atoms with Crippen LogP contribution in [0.2, 0.25) is 0 Å². The Bertz CT molecular complexity index is 1310. The minimum absolute atomic E-state index is 0.0424. The first-order valence-corrected chi connectivity index (χ1v) is 12.8. The molecule has 2 atom stereocenters. The highest BCUT2D eigenvalue weighted by molar-refractivity contribution is 5.94. The molecular formula is C27H28F4N4O2. The molecule has 0 saturated carbocycles. The van der Waals surface area contributed by atoms with Gasteiger partial charge in [0.2, 0.25) is 0 Å². The number of rotatable bonds is 3. The number of aromatic nitrogens is 2. The highest BCUT2D eigenvalue weighted by atomic mass is 19.4. The standard InChI is InChI=1S/C27H28F4N4O2/c28-21-14-33-25-24(20-11-18-13-32-8-5-17(18)12-22(20)34-25)23(21)15-6-9-35(10-7-15)26(36)16-1-3-19(4-2-16)37-27(29,30)31/h1-4,14-15,17-18,32H,5-13H2,(H,33,34)/t17-,18+/m0/s1. The number of hydrogen-bond acceptors (Lipinski definition) is 4. The van der Waals surface area contributed by atoms with Gasteiger partial charge in [-0.05, 0) is 92.8 Å². The Balaban J connectivity index is 1.20. The summed E-state index contributed by atoms with van der Waals surface area (Å²) >= 11 is 0. The molecule has 2 N–H and O–H groups in total. The Labute approximate surface area is 211 Å². The molecule has 3 aromatic rings. The van der Waals surface area contributed by atoms with Crippen molar-refractivity contribution in [2.75, 3.05) is 26.2 Å². The molecule has 2 aromatic heterocycles. The number of halogens is 4. The van der Waals surface area contributed by atoms with Gasteiger partial charge in [-0.1, -0.05) is 0 Å². The van der Waals surface area contributed by atoms with Crippen molar-refractivity contribution in [2.24, 2.45) is 11.8 Å². The van der Waals surface area contributed by atoms with Crippen molar-refractivity contribution in [1.82, 2.24) is 20.2 Å². The Morgan fingerprint density at radius 1 is 1.05 bits per heavy atom. The molecule has 2 saturated heterocycles. The summed E-state index contributed by atoms with van der Waals surface area (Å²) in [5, 5.41) is 4.41. The molecule has 6 nitrogen and oxygen atoms in total. The zero-order valence-corrected chi connectivity index (χ0v) is 20.2. The molecule has 10 heteroatoms. The fraction of sp³-hybridized carbons (Fsp3) is 0.481. The van der Waals surface area contributed by atoms with E-state index in [1.807, 2.05) is 0 Å². The maximum atomic E-state index is 15.3. The lowest BCUT2D eigenvalue weighted by Gasteiger charge is -2.36. The summed E-state index contributed by atoms with van der Waals surface area (Å²) < 4.78 is 56.4. The van der Waals surface area contributed by atoms with Gasteiger partial charge in [0.25, 0.3) is 5.91 Å².